The summed E-state index contributed by atoms with van der Waals surface area (Å²) in [4.78, 5) is 35.1. The second-order valence-corrected chi connectivity index (χ2v) is 5.38. The van der Waals surface area contributed by atoms with E-state index in [-0.39, 0.29) is 22.7 Å². The summed E-state index contributed by atoms with van der Waals surface area (Å²) in [5, 5.41) is 13.6. The van der Waals surface area contributed by atoms with Crippen LogP contribution in [0.3, 0.4) is 0 Å². The average Bonchev–Trinajstić information content (AvgIpc) is 2.67. The zero-order chi connectivity index (χ0) is 20.0. The van der Waals surface area contributed by atoms with Gasteiger partial charge in [0.15, 0.2) is 6.10 Å². The van der Waals surface area contributed by atoms with Crippen LogP contribution >= 0.6 is 0 Å². The molecule has 2 aromatic rings. The molecule has 0 heterocycles. The number of nitrogens with one attached hydrogen (secondary N) is 1. The molecule has 1 amide bonds. The molecule has 0 aliphatic carbocycles. The Hall–Kier alpha value is -3.62. The van der Waals surface area contributed by atoms with Crippen LogP contribution in [0.15, 0.2) is 42.5 Å². The quantitative estimate of drug-likeness (QED) is 0.450. The minimum Gasteiger partial charge on any atom is -0.496 e. The lowest BCUT2D eigenvalue weighted by Crippen LogP contribution is -2.30. The number of nitro groups is 1. The number of anilines is 1. The molecule has 2 aromatic carbocycles. The highest BCUT2D eigenvalue weighted by Gasteiger charge is 2.24. The topological polar surface area (TPSA) is 117 Å². The average molecular weight is 374 g/mol. The van der Waals surface area contributed by atoms with E-state index in [4.69, 9.17) is 14.2 Å². The van der Waals surface area contributed by atoms with Crippen LogP contribution in [0.25, 0.3) is 0 Å². The number of amides is 1. The summed E-state index contributed by atoms with van der Waals surface area (Å²) in [6.45, 7) is 1.36. The molecule has 0 saturated carbocycles. The third-order valence-electron chi connectivity index (χ3n) is 3.64. The van der Waals surface area contributed by atoms with Crippen LogP contribution in [0.2, 0.25) is 0 Å². The van der Waals surface area contributed by atoms with E-state index in [1.54, 1.807) is 18.2 Å². The number of methoxy groups -OCH3 is 2. The van der Waals surface area contributed by atoms with Gasteiger partial charge >= 0.3 is 5.97 Å². The van der Waals surface area contributed by atoms with Crippen LogP contribution in [-0.2, 0) is 9.53 Å². The fourth-order valence-corrected chi connectivity index (χ4v) is 2.22. The summed E-state index contributed by atoms with van der Waals surface area (Å²) in [5.74, 6) is -0.887. The van der Waals surface area contributed by atoms with Crippen molar-refractivity contribution >= 4 is 23.3 Å². The largest absolute Gasteiger partial charge is 0.496 e. The van der Waals surface area contributed by atoms with Gasteiger partial charge in [-0.05, 0) is 31.2 Å². The number of hydrogen-bond acceptors (Lipinski definition) is 7. The zero-order valence-electron chi connectivity index (χ0n) is 14.9. The fourth-order valence-electron chi connectivity index (χ4n) is 2.22. The number of hydrogen-bond donors (Lipinski definition) is 1. The standard InChI is InChI=1S/C18H18N2O7/c1-11(27-18(22)13-6-4-5-7-16(13)26-3)17(21)19-14-9-8-12(25-2)10-15(14)20(23)24/h4-11H,1-3H3,(H,19,21). The van der Waals surface area contributed by atoms with E-state index in [1.807, 2.05) is 0 Å². The molecule has 2 rings (SSSR count). The molecule has 27 heavy (non-hydrogen) atoms. The Balaban J connectivity index is 2.12. The van der Waals surface area contributed by atoms with Gasteiger partial charge in [-0.15, -0.1) is 0 Å². The maximum absolute atomic E-state index is 12.3. The van der Waals surface area contributed by atoms with E-state index >= 15 is 0 Å². The lowest BCUT2D eigenvalue weighted by Gasteiger charge is -2.15. The Morgan fingerprint density at radius 3 is 2.44 bits per heavy atom. The second-order valence-electron chi connectivity index (χ2n) is 5.38. The van der Waals surface area contributed by atoms with E-state index in [0.717, 1.165) is 0 Å². The van der Waals surface area contributed by atoms with E-state index in [1.165, 1.54) is 45.4 Å². The third kappa shape index (κ3) is 4.72. The summed E-state index contributed by atoms with van der Waals surface area (Å²) < 4.78 is 15.2. The highest BCUT2D eigenvalue weighted by Crippen LogP contribution is 2.29. The summed E-state index contributed by atoms with van der Waals surface area (Å²) in [6.07, 6.45) is -1.19. The van der Waals surface area contributed by atoms with Crippen molar-refractivity contribution < 1.29 is 28.7 Å². The van der Waals surface area contributed by atoms with Gasteiger partial charge in [-0.3, -0.25) is 14.9 Å². The van der Waals surface area contributed by atoms with E-state index < -0.39 is 22.9 Å². The van der Waals surface area contributed by atoms with Gasteiger partial charge in [0, 0.05) is 0 Å². The Kier molecular flexibility index (Phi) is 6.32. The minimum absolute atomic E-state index is 0.0361. The number of para-hydroxylation sites is 1. The van der Waals surface area contributed by atoms with Gasteiger partial charge in [-0.1, -0.05) is 12.1 Å². The Bertz CT molecular complexity index is 867. The molecule has 1 unspecified atom stereocenters. The molecule has 9 nitrogen and oxygen atoms in total. The van der Waals surface area contributed by atoms with Crippen LogP contribution in [0.4, 0.5) is 11.4 Å². The SMILES string of the molecule is COc1ccc(NC(=O)C(C)OC(=O)c2ccccc2OC)c([N+](=O)[O-])c1. The van der Waals surface area contributed by atoms with Gasteiger partial charge in [0.05, 0.1) is 25.2 Å². The second kappa shape index (κ2) is 8.65. The van der Waals surface area contributed by atoms with Crippen molar-refractivity contribution in [1.29, 1.82) is 0 Å². The molecule has 1 N–H and O–H groups in total. The monoisotopic (exact) mass is 374 g/mol. The summed E-state index contributed by atoms with van der Waals surface area (Å²) >= 11 is 0. The molecular weight excluding hydrogens is 356 g/mol. The highest BCUT2D eigenvalue weighted by atomic mass is 16.6. The first-order valence-corrected chi connectivity index (χ1v) is 7.84. The van der Waals surface area contributed by atoms with Crippen molar-refractivity contribution in [3.05, 3.63) is 58.1 Å². The Labute approximate surface area is 155 Å². The number of rotatable bonds is 7. The van der Waals surface area contributed by atoms with E-state index in [9.17, 15) is 19.7 Å². The first-order valence-electron chi connectivity index (χ1n) is 7.84. The number of carbonyl (C=O) groups excluding carboxylic acids is 2. The highest BCUT2D eigenvalue weighted by molar-refractivity contribution is 5.99. The molecular formula is C18H18N2O7. The van der Waals surface area contributed by atoms with Gasteiger partial charge < -0.3 is 19.5 Å². The van der Waals surface area contributed by atoms with Gasteiger partial charge in [0.1, 0.15) is 22.7 Å². The Morgan fingerprint density at radius 1 is 1.11 bits per heavy atom. The molecule has 1 atom stereocenters. The van der Waals surface area contributed by atoms with Gasteiger partial charge in [0.25, 0.3) is 11.6 Å². The number of nitro benzene ring substituents is 1. The summed E-state index contributed by atoms with van der Waals surface area (Å²) in [7, 11) is 2.78. The van der Waals surface area contributed by atoms with Crippen LogP contribution in [-0.4, -0.2) is 37.1 Å². The van der Waals surface area contributed by atoms with Crippen LogP contribution in [0, 0.1) is 10.1 Å². The van der Waals surface area contributed by atoms with Crippen LogP contribution in [0.5, 0.6) is 11.5 Å². The molecule has 0 aromatic heterocycles. The molecule has 0 fully saturated rings. The normalized spacial score (nSPS) is 11.2. The molecule has 0 aliphatic heterocycles. The molecule has 0 spiro atoms. The number of benzene rings is 2. The zero-order valence-corrected chi connectivity index (χ0v) is 14.9. The van der Waals surface area contributed by atoms with Crippen molar-refractivity contribution in [1.82, 2.24) is 0 Å². The lowest BCUT2D eigenvalue weighted by molar-refractivity contribution is -0.384. The molecule has 0 bridgehead atoms. The predicted molar refractivity (Wildman–Crippen MR) is 96.1 cm³/mol. The fraction of sp³-hybridized carbons (Fsp3) is 0.222. The minimum atomic E-state index is -1.19. The number of carbonyl (C=O) groups is 2. The lowest BCUT2D eigenvalue weighted by atomic mass is 10.2. The predicted octanol–water partition coefficient (Wildman–Crippen LogP) is 2.80. The Morgan fingerprint density at radius 2 is 1.81 bits per heavy atom. The van der Waals surface area contributed by atoms with Gasteiger partial charge in [0.2, 0.25) is 0 Å². The van der Waals surface area contributed by atoms with Crippen molar-refractivity contribution in [2.45, 2.75) is 13.0 Å². The number of esters is 1. The smallest absolute Gasteiger partial charge is 0.342 e. The van der Waals surface area contributed by atoms with E-state index in [2.05, 4.69) is 5.32 Å². The van der Waals surface area contributed by atoms with Gasteiger partial charge in [-0.25, -0.2) is 4.79 Å². The molecule has 142 valence electrons. The molecule has 9 heteroatoms. The van der Waals surface area contributed by atoms with Crippen LogP contribution < -0.4 is 14.8 Å². The maximum atomic E-state index is 12.3. The first kappa shape index (κ1) is 19.7. The summed E-state index contributed by atoms with van der Waals surface area (Å²) in [6, 6.07) is 10.4. The molecule has 0 saturated heterocycles. The van der Waals surface area contributed by atoms with Crippen LogP contribution in [0.1, 0.15) is 17.3 Å². The molecule has 0 aliphatic rings. The van der Waals surface area contributed by atoms with E-state index in [0.29, 0.717) is 5.75 Å². The van der Waals surface area contributed by atoms with Crippen molar-refractivity contribution in [3.8, 4) is 11.5 Å². The number of ether oxygens (including phenoxy) is 3. The third-order valence-corrected chi connectivity index (χ3v) is 3.64. The summed E-state index contributed by atoms with van der Waals surface area (Å²) in [5.41, 5.74) is -0.216. The number of nitrogens with zero attached hydrogens (tertiary/aromatic N) is 1. The maximum Gasteiger partial charge on any atom is 0.342 e. The van der Waals surface area contributed by atoms with Gasteiger partial charge in [-0.2, -0.15) is 0 Å². The van der Waals surface area contributed by atoms with Crippen molar-refractivity contribution in [3.63, 3.8) is 0 Å². The van der Waals surface area contributed by atoms with Crippen molar-refractivity contribution in [2.75, 3.05) is 19.5 Å². The van der Waals surface area contributed by atoms with Crippen molar-refractivity contribution in [2.24, 2.45) is 0 Å². The molecule has 0 radical (unpaired) electrons. The first-order chi connectivity index (χ1) is 12.9.